The number of rotatable bonds is 9. The quantitative estimate of drug-likeness (QED) is 0.214. The molecule has 1 aliphatic carbocycles. The Bertz CT molecular complexity index is 1730. The summed E-state index contributed by atoms with van der Waals surface area (Å²) in [4.78, 5) is 22.6. The largest absolute Gasteiger partial charge is 0.385 e. The summed E-state index contributed by atoms with van der Waals surface area (Å²) in [5.74, 6) is 1.32. The summed E-state index contributed by atoms with van der Waals surface area (Å²) in [5, 5.41) is 6.73. The Morgan fingerprint density at radius 2 is 1.80 bits per heavy atom. The number of nitrogens with two attached hydrogens (primary N) is 1. The van der Waals surface area contributed by atoms with Crippen molar-refractivity contribution in [2.75, 3.05) is 52.2 Å². The number of nitrogens with one attached hydrogen (secondary N) is 1. The van der Waals surface area contributed by atoms with Gasteiger partial charge < -0.3 is 20.4 Å². The van der Waals surface area contributed by atoms with Gasteiger partial charge in [-0.05, 0) is 55.9 Å². The summed E-state index contributed by atoms with van der Waals surface area (Å²) >= 11 is 6.40. The van der Waals surface area contributed by atoms with E-state index >= 15 is 0 Å². The van der Waals surface area contributed by atoms with Crippen molar-refractivity contribution in [3.8, 4) is 11.3 Å². The molecule has 1 saturated heterocycles. The highest BCUT2D eigenvalue weighted by atomic mass is 35.5. The van der Waals surface area contributed by atoms with Gasteiger partial charge in [0.05, 0.1) is 22.5 Å². The van der Waals surface area contributed by atoms with Crippen LogP contribution in [0.1, 0.15) is 49.5 Å². The molecule has 3 N–H and O–H groups in total. The van der Waals surface area contributed by atoms with E-state index in [9.17, 15) is 0 Å². The lowest BCUT2D eigenvalue weighted by molar-refractivity contribution is 0.0662. The molecule has 10 nitrogen and oxygen atoms in total. The van der Waals surface area contributed by atoms with Crippen LogP contribution in [0, 0.1) is 0 Å². The van der Waals surface area contributed by atoms with Gasteiger partial charge >= 0.3 is 0 Å². The molecule has 11 heteroatoms. The van der Waals surface area contributed by atoms with E-state index in [-0.39, 0.29) is 6.04 Å². The lowest BCUT2D eigenvalue weighted by atomic mass is 9.90. The first-order chi connectivity index (χ1) is 21.6. The summed E-state index contributed by atoms with van der Waals surface area (Å²) in [5.41, 5.74) is 11.9. The predicted octanol–water partition coefficient (Wildman–Crippen LogP) is 5.33. The Labute approximate surface area is 262 Å². The number of nitrogens with zero attached hydrogens (tertiary/aromatic N) is 7. The van der Waals surface area contributed by atoms with Crippen LogP contribution >= 0.6 is 11.6 Å². The molecule has 0 atom stereocenters. The topological polar surface area (TPSA) is 114 Å². The van der Waals surface area contributed by atoms with Crippen LogP contribution in [0.2, 0.25) is 5.02 Å². The Hall–Kier alpha value is -3.57. The summed E-state index contributed by atoms with van der Waals surface area (Å²) < 4.78 is 7.35. The minimum Gasteiger partial charge on any atom is -0.385 e. The van der Waals surface area contributed by atoms with E-state index in [0.29, 0.717) is 18.3 Å². The maximum Gasteiger partial charge on any atom is 0.164 e. The van der Waals surface area contributed by atoms with Crippen LogP contribution in [0.3, 0.4) is 0 Å². The Kier molecular flexibility index (Phi) is 8.49. The van der Waals surface area contributed by atoms with Crippen LogP contribution in [0.15, 0.2) is 48.8 Å². The van der Waals surface area contributed by atoms with E-state index in [0.717, 1.165) is 108 Å². The lowest BCUT2D eigenvalue weighted by Crippen LogP contribution is -2.51. The molecule has 1 aliphatic heterocycles. The van der Waals surface area contributed by atoms with Crippen LogP contribution in [-0.2, 0) is 11.2 Å². The molecule has 2 aliphatic rings. The third-order valence-corrected chi connectivity index (χ3v) is 9.77. The number of aromatic amines is 1. The highest BCUT2D eigenvalue weighted by molar-refractivity contribution is 6.31. The van der Waals surface area contributed by atoms with Crippen molar-refractivity contribution in [1.29, 1.82) is 0 Å². The number of hydrogen-bond acceptors (Lipinski definition) is 8. The molecule has 44 heavy (non-hydrogen) atoms. The van der Waals surface area contributed by atoms with Crippen LogP contribution < -0.4 is 5.73 Å². The van der Waals surface area contributed by atoms with Crippen LogP contribution in [-0.4, -0.2) is 92.0 Å². The molecule has 0 bridgehead atoms. The molecule has 0 spiro atoms. The molecule has 3 aromatic heterocycles. The van der Waals surface area contributed by atoms with Crippen molar-refractivity contribution in [3.63, 3.8) is 0 Å². The minimum absolute atomic E-state index is 0.283. The summed E-state index contributed by atoms with van der Waals surface area (Å²) in [7, 11) is 1.78. The molecule has 2 fully saturated rings. The van der Waals surface area contributed by atoms with Gasteiger partial charge in [0.2, 0.25) is 0 Å². The maximum absolute atomic E-state index is 6.47. The van der Waals surface area contributed by atoms with Gasteiger partial charge in [-0.1, -0.05) is 35.9 Å². The van der Waals surface area contributed by atoms with Crippen molar-refractivity contribution < 1.29 is 4.74 Å². The van der Waals surface area contributed by atoms with Gasteiger partial charge in [0.15, 0.2) is 5.65 Å². The van der Waals surface area contributed by atoms with Gasteiger partial charge in [-0.2, -0.15) is 5.10 Å². The van der Waals surface area contributed by atoms with E-state index in [1.54, 1.807) is 13.4 Å². The minimum atomic E-state index is 0.283. The second-order valence-corrected chi connectivity index (χ2v) is 12.5. The number of methoxy groups -OCH3 is 1. The van der Waals surface area contributed by atoms with Crippen molar-refractivity contribution in [1.82, 2.24) is 39.5 Å². The number of nitrogen functional groups attached to an aromatic ring is 1. The normalized spacial score (nSPS) is 20.1. The van der Waals surface area contributed by atoms with E-state index in [2.05, 4.69) is 41.6 Å². The van der Waals surface area contributed by atoms with Gasteiger partial charge in [-0.15, -0.1) is 0 Å². The maximum atomic E-state index is 6.47. The zero-order valence-corrected chi connectivity index (χ0v) is 26.0. The van der Waals surface area contributed by atoms with Gasteiger partial charge in [0.25, 0.3) is 0 Å². The van der Waals surface area contributed by atoms with Crippen molar-refractivity contribution in [2.45, 2.75) is 50.6 Å². The summed E-state index contributed by atoms with van der Waals surface area (Å²) in [6.45, 7) is 6.57. The van der Waals surface area contributed by atoms with E-state index < -0.39 is 0 Å². The van der Waals surface area contributed by atoms with Crippen molar-refractivity contribution in [2.24, 2.45) is 0 Å². The Morgan fingerprint density at radius 1 is 1.00 bits per heavy atom. The molecule has 0 radical (unpaired) electrons. The third-order valence-electron chi connectivity index (χ3n) is 9.40. The highest BCUT2D eigenvalue weighted by Crippen LogP contribution is 2.37. The zero-order chi connectivity index (χ0) is 30.0. The standard InChI is InChI=1S/C33H40ClN9O/c1-44-18-4-13-41-14-16-42(17-15-41)24-8-10-25(11-9-24)43-33-30(32(35)36-21-37-33)31(40-43)23-7-12-27-28(19-23)39-29(38-27)20-22-5-2-3-6-26(22)34/h2-3,5-7,12,19,21,24-25H,4,8-11,13-18,20H2,1H3,(H,38,39)(H2,35,36,37). The fourth-order valence-corrected chi connectivity index (χ4v) is 7.22. The average molecular weight is 614 g/mol. The monoisotopic (exact) mass is 613 g/mol. The van der Waals surface area contributed by atoms with E-state index in [4.69, 9.17) is 32.2 Å². The molecule has 0 amide bonds. The number of hydrogen-bond donors (Lipinski definition) is 2. The number of benzene rings is 2. The highest BCUT2D eigenvalue weighted by Gasteiger charge is 2.31. The number of H-pyrrole nitrogens is 1. The molecule has 1 saturated carbocycles. The Morgan fingerprint density at radius 3 is 2.59 bits per heavy atom. The summed E-state index contributed by atoms with van der Waals surface area (Å²) in [6.07, 6.45) is 7.77. The number of aromatic nitrogens is 6. The molecular weight excluding hydrogens is 574 g/mol. The number of anilines is 1. The Balaban J connectivity index is 1.08. The summed E-state index contributed by atoms with van der Waals surface area (Å²) in [6, 6.07) is 15.0. The molecule has 5 aromatic rings. The molecular formula is C33H40ClN9O. The van der Waals surface area contributed by atoms with E-state index in [1.807, 2.05) is 30.3 Å². The third kappa shape index (κ3) is 5.91. The number of ether oxygens (including phenoxy) is 1. The first kappa shape index (κ1) is 29.2. The van der Waals surface area contributed by atoms with Crippen molar-refractivity contribution >= 4 is 39.5 Å². The fraction of sp³-hybridized carbons (Fsp3) is 0.455. The number of imidazole rings is 1. The average Bonchev–Trinajstić information content (AvgIpc) is 3.64. The van der Waals surface area contributed by atoms with E-state index in [1.165, 1.54) is 12.8 Å². The lowest BCUT2D eigenvalue weighted by Gasteiger charge is -2.42. The second kappa shape index (κ2) is 12.8. The molecule has 2 aromatic carbocycles. The predicted molar refractivity (Wildman–Crippen MR) is 175 cm³/mol. The second-order valence-electron chi connectivity index (χ2n) is 12.1. The number of fused-ring (bicyclic) bond motifs is 2. The van der Waals surface area contributed by atoms with Gasteiger partial charge in [-0.3, -0.25) is 4.90 Å². The van der Waals surface area contributed by atoms with Crippen molar-refractivity contribution in [3.05, 3.63) is 65.2 Å². The first-order valence-corrected chi connectivity index (χ1v) is 16.1. The molecule has 7 rings (SSSR count). The van der Waals surface area contributed by atoms with Crippen LogP contribution in [0.5, 0.6) is 0 Å². The fourth-order valence-electron chi connectivity index (χ4n) is 7.02. The van der Waals surface area contributed by atoms with Crippen LogP contribution in [0.25, 0.3) is 33.3 Å². The van der Waals surface area contributed by atoms with Gasteiger partial charge in [0.1, 0.15) is 23.7 Å². The zero-order valence-electron chi connectivity index (χ0n) is 25.3. The smallest absolute Gasteiger partial charge is 0.164 e. The van der Waals surface area contributed by atoms with Crippen LogP contribution in [0.4, 0.5) is 5.82 Å². The SMILES string of the molecule is COCCCN1CCN(C2CCC(n3nc(-c4ccc5nc(Cc6ccccc6Cl)[nH]c5c4)c4c(N)ncnc43)CC2)CC1. The number of piperazine rings is 1. The molecule has 230 valence electrons. The van der Waals surface area contributed by atoms with Gasteiger partial charge in [-0.25, -0.2) is 19.6 Å². The number of halogens is 1. The molecule has 0 unspecified atom stereocenters. The molecule has 4 heterocycles. The van der Waals surface area contributed by atoms with Gasteiger partial charge in [0, 0.05) is 69.5 Å². The first-order valence-electron chi connectivity index (χ1n) is 15.7.